The zero-order valence-electron chi connectivity index (χ0n) is 15.8. The molecule has 144 valence electrons. The van der Waals surface area contributed by atoms with E-state index in [0.29, 0.717) is 18.9 Å². The zero-order valence-corrected chi connectivity index (χ0v) is 15.8. The smallest absolute Gasteiger partial charge is 0.267 e. The molecule has 0 amide bonds. The normalized spacial score (nSPS) is 18.8. The molecule has 2 aromatic heterocycles. The Labute approximate surface area is 163 Å². The van der Waals surface area contributed by atoms with Gasteiger partial charge in [0.25, 0.3) is 5.56 Å². The van der Waals surface area contributed by atoms with Crippen molar-refractivity contribution in [2.75, 3.05) is 25.6 Å². The van der Waals surface area contributed by atoms with Crippen molar-refractivity contribution in [2.24, 2.45) is 0 Å². The molecule has 0 aliphatic carbocycles. The maximum absolute atomic E-state index is 12.5. The largest absolute Gasteiger partial charge is 0.497 e. The third-order valence-corrected chi connectivity index (χ3v) is 4.80. The molecule has 1 saturated heterocycles. The zero-order chi connectivity index (χ0) is 19.5. The summed E-state index contributed by atoms with van der Waals surface area (Å²) >= 11 is 0. The van der Waals surface area contributed by atoms with Crippen molar-refractivity contribution in [3.8, 4) is 17.0 Å². The van der Waals surface area contributed by atoms with Gasteiger partial charge in [-0.2, -0.15) is 5.10 Å². The standard InChI is InChI=1S/C21H22N4O3/c1-14-10-16(8-9-22-14)23-19-12-28-13-20(19)25-21(26)7-6-18(24-25)15-4-3-5-17(11-15)27-2/h3-11,19-20H,12-13H2,1-2H3,(H,22,23). The molecule has 7 nitrogen and oxygen atoms in total. The van der Waals surface area contributed by atoms with Crippen LogP contribution in [0.2, 0.25) is 0 Å². The second-order valence-electron chi connectivity index (χ2n) is 6.77. The number of hydrogen-bond donors (Lipinski definition) is 1. The van der Waals surface area contributed by atoms with Gasteiger partial charge in [0.1, 0.15) is 11.8 Å². The molecule has 0 saturated carbocycles. The van der Waals surface area contributed by atoms with Crippen LogP contribution in [0.15, 0.2) is 59.5 Å². The summed E-state index contributed by atoms with van der Waals surface area (Å²) in [6, 6.07) is 14.5. The molecule has 4 rings (SSSR count). The van der Waals surface area contributed by atoms with E-state index in [1.165, 1.54) is 4.68 Å². The van der Waals surface area contributed by atoms with Crippen LogP contribution in [0.1, 0.15) is 11.7 Å². The molecule has 3 heterocycles. The van der Waals surface area contributed by atoms with Crippen LogP contribution in [0.5, 0.6) is 5.75 Å². The number of aromatic nitrogens is 3. The highest BCUT2D eigenvalue weighted by atomic mass is 16.5. The molecule has 0 spiro atoms. The van der Waals surface area contributed by atoms with Crippen molar-refractivity contribution < 1.29 is 9.47 Å². The lowest BCUT2D eigenvalue weighted by Gasteiger charge is -2.21. The van der Waals surface area contributed by atoms with Gasteiger partial charge in [-0.15, -0.1) is 0 Å². The fraction of sp³-hybridized carbons (Fsp3) is 0.286. The third kappa shape index (κ3) is 3.75. The van der Waals surface area contributed by atoms with E-state index in [1.54, 1.807) is 25.4 Å². The fourth-order valence-corrected chi connectivity index (χ4v) is 3.37. The molecule has 0 radical (unpaired) electrons. The predicted octanol–water partition coefficient (Wildman–Crippen LogP) is 2.67. The molecular weight excluding hydrogens is 356 g/mol. The van der Waals surface area contributed by atoms with Crippen molar-refractivity contribution in [1.82, 2.24) is 14.8 Å². The summed E-state index contributed by atoms with van der Waals surface area (Å²) in [6.07, 6.45) is 1.76. The van der Waals surface area contributed by atoms with Crippen molar-refractivity contribution in [1.29, 1.82) is 0 Å². The van der Waals surface area contributed by atoms with E-state index in [-0.39, 0.29) is 17.6 Å². The Hall–Kier alpha value is -3.19. The van der Waals surface area contributed by atoms with Gasteiger partial charge in [-0.25, -0.2) is 4.68 Å². The first-order valence-corrected chi connectivity index (χ1v) is 9.15. The van der Waals surface area contributed by atoms with Gasteiger partial charge in [-0.05, 0) is 37.3 Å². The highest BCUT2D eigenvalue weighted by Crippen LogP contribution is 2.25. The van der Waals surface area contributed by atoms with Crippen LogP contribution in [0.4, 0.5) is 5.69 Å². The molecule has 0 bridgehead atoms. The van der Waals surface area contributed by atoms with E-state index < -0.39 is 0 Å². The number of nitrogens with zero attached hydrogens (tertiary/aromatic N) is 3. The number of rotatable bonds is 5. The molecule has 1 aromatic carbocycles. The molecule has 1 aliphatic rings. The van der Waals surface area contributed by atoms with Crippen molar-refractivity contribution in [3.63, 3.8) is 0 Å². The third-order valence-electron chi connectivity index (χ3n) is 4.80. The Morgan fingerprint density at radius 1 is 1.18 bits per heavy atom. The first-order valence-electron chi connectivity index (χ1n) is 9.15. The van der Waals surface area contributed by atoms with E-state index >= 15 is 0 Å². The van der Waals surface area contributed by atoms with E-state index in [0.717, 1.165) is 22.7 Å². The van der Waals surface area contributed by atoms with E-state index in [9.17, 15) is 4.79 Å². The minimum atomic E-state index is -0.202. The Bertz CT molecular complexity index is 1030. The number of nitrogens with one attached hydrogen (secondary N) is 1. The lowest BCUT2D eigenvalue weighted by Crippen LogP contribution is -2.37. The average molecular weight is 378 g/mol. The van der Waals surface area contributed by atoms with Gasteiger partial charge in [0, 0.05) is 29.2 Å². The quantitative estimate of drug-likeness (QED) is 0.735. The summed E-state index contributed by atoms with van der Waals surface area (Å²) in [5.74, 6) is 0.744. The van der Waals surface area contributed by atoms with Crippen molar-refractivity contribution in [2.45, 2.75) is 19.0 Å². The summed E-state index contributed by atoms with van der Waals surface area (Å²) in [4.78, 5) is 16.8. The van der Waals surface area contributed by atoms with Gasteiger partial charge in [-0.3, -0.25) is 9.78 Å². The summed E-state index contributed by atoms with van der Waals surface area (Å²) in [6.45, 7) is 2.87. The molecule has 1 N–H and O–H groups in total. The molecule has 3 aromatic rings. The van der Waals surface area contributed by atoms with Crippen LogP contribution in [-0.4, -0.2) is 41.1 Å². The number of pyridine rings is 1. The van der Waals surface area contributed by atoms with Gasteiger partial charge in [0.15, 0.2) is 0 Å². The molecule has 1 aliphatic heterocycles. The lowest BCUT2D eigenvalue weighted by molar-refractivity contribution is 0.183. The maximum atomic E-state index is 12.5. The molecule has 2 atom stereocenters. The van der Waals surface area contributed by atoms with Crippen molar-refractivity contribution >= 4 is 5.69 Å². The topological polar surface area (TPSA) is 78.3 Å². The number of anilines is 1. The second kappa shape index (κ2) is 7.82. The summed E-state index contributed by atoms with van der Waals surface area (Å²) in [5.41, 5.74) is 3.32. The Balaban J connectivity index is 1.64. The fourth-order valence-electron chi connectivity index (χ4n) is 3.37. The van der Waals surface area contributed by atoms with Crippen LogP contribution < -0.4 is 15.6 Å². The van der Waals surface area contributed by atoms with E-state index in [2.05, 4.69) is 15.4 Å². The highest BCUT2D eigenvalue weighted by molar-refractivity contribution is 5.60. The Kier molecular flexibility index (Phi) is 5.08. The number of hydrogen-bond acceptors (Lipinski definition) is 6. The molecule has 2 unspecified atom stereocenters. The molecule has 28 heavy (non-hydrogen) atoms. The van der Waals surface area contributed by atoms with Crippen LogP contribution >= 0.6 is 0 Å². The maximum Gasteiger partial charge on any atom is 0.267 e. The minimum Gasteiger partial charge on any atom is -0.497 e. The first-order chi connectivity index (χ1) is 13.6. The Morgan fingerprint density at radius 3 is 2.89 bits per heavy atom. The summed E-state index contributed by atoms with van der Waals surface area (Å²) in [7, 11) is 1.63. The van der Waals surface area contributed by atoms with Crippen LogP contribution in [0, 0.1) is 6.92 Å². The molecular formula is C21H22N4O3. The van der Waals surface area contributed by atoms with Crippen LogP contribution in [0.25, 0.3) is 11.3 Å². The number of benzene rings is 1. The first kappa shape index (κ1) is 18.2. The highest BCUT2D eigenvalue weighted by Gasteiger charge is 2.31. The van der Waals surface area contributed by atoms with E-state index in [4.69, 9.17) is 9.47 Å². The SMILES string of the molecule is COc1cccc(-c2ccc(=O)n(C3COCC3Nc3ccnc(C)c3)n2)c1. The lowest BCUT2D eigenvalue weighted by atomic mass is 10.1. The summed E-state index contributed by atoms with van der Waals surface area (Å²) < 4.78 is 12.5. The number of ether oxygens (including phenoxy) is 2. The van der Waals surface area contributed by atoms with Gasteiger partial charge in [0.05, 0.1) is 32.1 Å². The van der Waals surface area contributed by atoms with Gasteiger partial charge in [-0.1, -0.05) is 12.1 Å². The number of methoxy groups -OCH3 is 1. The van der Waals surface area contributed by atoms with Crippen LogP contribution in [0.3, 0.4) is 0 Å². The molecule has 1 fully saturated rings. The summed E-state index contributed by atoms with van der Waals surface area (Å²) in [5, 5.41) is 8.08. The van der Waals surface area contributed by atoms with Gasteiger partial charge < -0.3 is 14.8 Å². The minimum absolute atomic E-state index is 0.0624. The monoisotopic (exact) mass is 378 g/mol. The van der Waals surface area contributed by atoms with E-state index in [1.807, 2.05) is 43.3 Å². The molecule has 7 heteroatoms. The number of aryl methyl sites for hydroxylation is 1. The second-order valence-corrected chi connectivity index (χ2v) is 6.77. The van der Waals surface area contributed by atoms with Crippen LogP contribution in [-0.2, 0) is 4.74 Å². The average Bonchev–Trinajstić information content (AvgIpc) is 3.16. The Morgan fingerprint density at radius 2 is 2.07 bits per heavy atom. The van der Waals surface area contributed by atoms with Crippen molar-refractivity contribution in [3.05, 3.63) is 70.8 Å². The van der Waals surface area contributed by atoms with Gasteiger partial charge >= 0.3 is 0 Å². The van der Waals surface area contributed by atoms with Gasteiger partial charge in [0.2, 0.25) is 0 Å². The predicted molar refractivity (Wildman–Crippen MR) is 107 cm³/mol.